The van der Waals surface area contributed by atoms with Gasteiger partial charge in [0.1, 0.15) is 0 Å². The zero-order chi connectivity index (χ0) is 18.0. The molecular weight excluding hydrogens is 312 g/mol. The van der Waals surface area contributed by atoms with Gasteiger partial charge in [0.15, 0.2) is 0 Å². The van der Waals surface area contributed by atoms with Crippen LogP contribution in [0.3, 0.4) is 0 Å². The quantitative estimate of drug-likeness (QED) is 0.304. The molecule has 4 nitrogen and oxygen atoms in total. The summed E-state index contributed by atoms with van der Waals surface area (Å²) in [7, 11) is 0. The van der Waals surface area contributed by atoms with Gasteiger partial charge in [-0.2, -0.15) is 0 Å². The van der Waals surface area contributed by atoms with E-state index in [0.717, 1.165) is 38.8 Å². The summed E-state index contributed by atoms with van der Waals surface area (Å²) < 4.78 is 13.6. The highest BCUT2D eigenvalue weighted by Crippen LogP contribution is 2.11. The zero-order valence-corrected chi connectivity index (χ0v) is 16.7. The third kappa shape index (κ3) is 12.0. The number of nitrogens with zero attached hydrogens (tertiary/aromatic N) is 2. The lowest BCUT2D eigenvalue weighted by atomic mass is 10.2. The monoisotopic (exact) mass is 352 g/mol. The molecule has 0 saturated heterocycles. The van der Waals surface area contributed by atoms with Gasteiger partial charge < -0.3 is 14.0 Å². The molecule has 1 aromatic heterocycles. The molecule has 1 heterocycles. The van der Waals surface area contributed by atoms with Gasteiger partial charge in [-0.3, -0.25) is 0 Å². The van der Waals surface area contributed by atoms with E-state index in [1.54, 1.807) is 0 Å². The molecule has 0 aliphatic heterocycles. The van der Waals surface area contributed by atoms with Gasteiger partial charge in [0.25, 0.3) is 6.01 Å². The number of imidazole rings is 1. The second-order valence-corrected chi connectivity index (χ2v) is 6.90. The highest BCUT2D eigenvalue weighted by Gasteiger charge is 2.03. The van der Waals surface area contributed by atoms with Crippen LogP contribution in [-0.4, -0.2) is 29.4 Å². The van der Waals surface area contributed by atoms with Crippen LogP contribution in [0.2, 0.25) is 0 Å². The summed E-state index contributed by atoms with van der Waals surface area (Å²) in [6.07, 6.45) is 18.8. The number of aryl methyl sites for hydroxylation is 1. The molecule has 0 bridgehead atoms. The Bertz CT molecular complexity index is 393. The Balaban J connectivity index is 1.92. The molecule has 0 saturated carbocycles. The molecule has 1 rings (SSSR count). The van der Waals surface area contributed by atoms with Crippen molar-refractivity contribution in [3.8, 4) is 6.01 Å². The van der Waals surface area contributed by atoms with Crippen molar-refractivity contribution in [2.45, 2.75) is 97.4 Å². The van der Waals surface area contributed by atoms with Crippen molar-refractivity contribution in [3.05, 3.63) is 12.4 Å². The molecule has 0 aliphatic rings. The maximum Gasteiger partial charge on any atom is 0.296 e. The van der Waals surface area contributed by atoms with E-state index in [9.17, 15) is 0 Å². The molecule has 0 amide bonds. The molecule has 0 fully saturated rings. The van der Waals surface area contributed by atoms with Gasteiger partial charge in [-0.05, 0) is 32.1 Å². The Hall–Kier alpha value is -1.03. The smallest absolute Gasteiger partial charge is 0.296 e. The SMILES string of the molecule is CCCCCCOCCCCCCOc1nccn1CCCCCC. The fraction of sp³-hybridized carbons (Fsp3) is 0.857. The molecule has 0 spiro atoms. The number of rotatable bonds is 18. The van der Waals surface area contributed by atoms with Gasteiger partial charge in [-0.25, -0.2) is 4.98 Å². The van der Waals surface area contributed by atoms with E-state index < -0.39 is 0 Å². The van der Waals surface area contributed by atoms with Crippen molar-refractivity contribution in [1.82, 2.24) is 9.55 Å². The Morgan fingerprint density at radius 3 is 2.04 bits per heavy atom. The molecule has 4 heteroatoms. The predicted molar refractivity (Wildman–Crippen MR) is 105 cm³/mol. The lowest BCUT2D eigenvalue weighted by Crippen LogP contribution is -2.05. The summed E-state index contributed by atoms with van der Waals surface area (Å²) in [4.78, 5) is 4.32. The molecule has 0 radical (unpaired) electrons. The first-order valence-electron chi connectivity index (χ1n) is 10.6. The maximum atomic E-state index is 5.84. The van der Waals surface area contributed by atoms with Crippen LogP contribution in [0.15, 0.2) is 12.4 Å². The number of unbranched alkanes of at least 4 members (excludes halogenated alkanes) is 9. The lowest BCUT2D eigenvalue weighted by Gasteiger charge is -2.09. The van der Waals surface area contributed by atoms with Crippen molar-refractivity contribution in [3.63, 3.8) is 0 Å². The van der Waals surface area contributed by atoms with E-state index in [2.05, 4.69) is 23.4 Å². The van der Waals surface area contributed by atoms with E-state index in [-0.39, 0.29) is 0 Å². The Morgan fingerprint density at radius 1 is 0.760 bits per heavy atom. The van der Waals surface area contributed by atoms with Gasteiger partial charge >= 0.3 is 0 Å². The number of hydrogen-bond acceptors (Lipinski definition) is 3. The van der Waals surface area contributed by atoms with Crippen molar-refractivity contribution >= 4 is 0 Å². The zero-order valence-electron chi connectivity index (χ0n) is 16.7. The highest BCUT2D eigenvalue weighted by atomic mass is 16.5. The Labute approximate surface area is 155 Å². The van der Waals surface area contributed by atoms with Crippen molar-refractivity contribution < 1.29 is 9.47 Å². The molecular formula is C21H40N2O2. The van der Waals surface area contributed by atoms with E-state index in [1.807, 2.05) is 12.4 Å². The third-order valence-corrected chi connectivity index (χ3v) is 4.49. The van der Waals surface area contributed by atoms with E-state index >= 15 is 0 Å². The van der Waals surface area contributed by atoms with Crippen molar-refractivity contribution in [2.24, 2.45) is 0 Å². The average Bonchev–Trinajstić information content (AvgIpc) is 3.07. The van der Waals surface area contributed by atoms with Gasteiger partial charge in [-0.1, -0.05) is 58.8 Å². The van der Waals surface area contributed by atoms with Gasteiger partial charge in [0.05, 0.1) is 6.61 Å². The van der Waals surface area contributed by atoms with E-state index in [4.69, 9.17) is 9.47 Å². The van der Waals surface area contributed by atoms with Gasteiger partial charge in [-0.15, -0.1) is 0 Å². The fourth-order valence-corrected chi connectivity index (χ4v) is 2.87. The second-order valence-electron chi connectivity index (χ2n) is 6.90. The maximum absolute atomic E-state index is 5.84. The van der Waals surface area contributed by atoms with Crippen molar-refractivity contribution in [2.75, 3.05) is 19.8 Å². The summed E-state index contributed by atoms with van der Waals surface area (Å²) in [5.74, 6) is 0. The Kier molecular flexibility index (Phi) is 14.5. The first-order chi connectivity index (χ1) is 12.4. The third-order valence-electron chi connectivity index (χ3n) is 4.49. The summed E-state index contributed by atoms with van der Waals surface area (Å²) in [6.45, 7) is 8.12. The first-order valence-corrected chi connectivity index (χ1v) is 10.6. The Morgan fingerprint density at radius 2 is 1.36 bits per heavy atom. The average molecular weight is 353 g/mol. The highest BCUT2D eigenvalue weighted by molar-refractivity contribution is 4.98. The number of aromatic nitrogens is 2. The minimum Gasteiger partial charge on any atom is -0.465 e. The molecule has 0 aromatic carbocycles. The van der Waals surface area contributed by atoms with Crippen LogP contribution in [0.1, 0.15) is 90.9 Å². The molecule has 0 N–H and O–H groups in total. The van der Waals surface area contributed by atoms with Crippen LogP contribution in [-0.2, 0) is 11.3 Å². The molecule has 0 unspecified atom stereocenters. The van der Waals surface area contributed by atoms with E-state index in [1.165, 1.54) is 70.6 Å². The van der Waals surface area contributed by atoms with Crippen LogP contribution >= 0.6 is 0 Å². The van der Waals surface area contributed by atoms with Gasteiger partial charge in [0, 0.05) is 32.2 Å². The normalized spacial score (nSPS) is 11.1. The number of hydrogen-bond donors (Lipinski definition) is 0. The number of ether oxygens (including phenoxy) is 2. The molecule has 1 aromatic rings. The first kappa shape index (κ1) is 22.0. The topological polar surface area (TPSA) is 36.3 Å². The molecule has 0 aliphatic carbocycles. The van der Waals surface area contributed by atoms with Crippen LogP contribution < -0.4 is 4.74 Å². The summed E-state index contributed by atoms with van der Waals surface area (Å²) in [6, 6.07) is 0.784. The summed E-state index contributed by atoms with van der Waals surface area (Å²) >= 11 is 0. The van der Waals surface area contributed by atoms with Crippen LogP contribution in [0.25, 0.3) is 0 Å². The molecule has 0 atom stereocenters. The molecule has 25 heavy (non-hydrogen) atoms. The van der Waals surface area contributed by atoms with Crippen LogP contribution in [0.4, 0.5) is 0 Å². The molecule has 146 valence electrons. The minimum absolute atomic E-state index is 0.768. The summed E-state index contributed by atoms with van der Waals surface area (Å²) in [5, 5.41) is 0. The largest absolute Gasteiger partial charge is 0.465 e. The van der Waals surface area contributed by atoms with Gasteiger partial charge in [0.2, 0.25) is 0 Å². The second kappa shape index (κ2) is 16.4. The van der Waals surface area contributed by atoms with Crippen molar-refractivity contribution in [1.29, 1.82) is 0 Å². The van der Waals surface area contributed by atoms with Crippen LogP contribution in [0.5, 0.6) is 6.01 Å². The summed E-state index contributed by atoms with van der Waals surface area (Å²) in [5.41, 5.74) is 0. The lowest BCUT2D eigenvalue weighted by molar-refractivity contribution is 0.125. The standard InChI is InChI=1S/C21H40N2O2/c1-3-5-7-11-16-23-17-15-22-21(23)25-20-14-10-9-13-19-24-18-12-8-6-4-2/h15,17H,3-14,16,18-20H2,1-2H3. The fourth-order valence-electron chi connectivity index (χ4n) is 2.87. The van der Waals surface area contributed by atoms with Crippen LogP contribution in [0, 0.1) is 0 Å². The minimum atomic E-state index is 0.768. The predicted octanol–water partition coefficient (Wildman–Crippen LogP) is 6.00. The van der Waals surface area contributed by atoms with E-state index in [0.29, 0.717) is 0 Å².